The average Bonchev–Trinajstić information content (AvgIpc) is 3.24. The van der Waals surface area contributed by atoms with E-state index < -0.39 is 21.1 Å². The van der Waals surface area contributed by atoms with Gasteiger partial charge in [0.15, 0.2) is 9.84 Å². The Labute approximate surface area is 173 Å². The maximum Gasteiger partial charge on any atom is 0.344 e. The molecule has 0 aliphatic heterocycles. The van der Waals surface area contributed by atoms with Crippen LogP contribution in [0.15, 0.2) is 70.9 Å². The molecule has 29 heavy (non-hydrogen) atoms. The van der Waals surface area contributed by atoms with Crippen LogP contribution >= 0.6 is 11.3 Å². The van der Waals surface area contributed by atoms with Crippen LogP contribution in [0.1, 0.15) is 33.9 Å². The fourth-order valence-electron chi connectivity index (χ4n) is 2.51. The molecule has 1 heterocycles. The fraction of sp³-hybridized carbons (Fsp3) is 0.143. The second kappa shape index (κ2) is 8.59. The zero-order valence-electron chi connectivity index (χ0n) is 15.8. The number of carbonyl (C=O) groups excluding carboxylic acids is 2. The van der Waals surface area contributed by atoms with Crippen molar-refractivity contribution in [2.24, 2.45) is 0 Å². The van der Waals surface area contributed by atoms with E-state index in [4.69, 9.17) is 4.74 Å². The molecule has 0 aliphatic carbocycles. The second-order valence-electron chi connectivity index (χ2n) is 6.44. The lowest BCUT2D eigenvalue weighted by Gasteiger charge is -2.12. The number of hydrogen-bond donors (Lipinski definition) is 1. The number of sulfone groups is 1. The summed E-state index contributed by atoms with van der Waals surface area (Å²) >= 11 is 1.33. The van der Waals surface area contributed by atoms with Gasteiger partial charge < -0.3 is 10.1 Å². The third-order valence-corrected chi connectivity index (χ3v) is 7.18. The zero-order valence-corrected chi connectivity index (χ0v) is 17.4. The molecule has 3 rings (SSSR count). The number of ether oxygens (including phenoxy) is 1. The van der Waals surface area contributed by atoms with Crippen molar-refractivity contribution in [2.45, 2.75) is 24.0 Å². The van der Waals surface area contributed by atoms with E-state index in [0.717, 1.165) is 0 Å². The first-order valence-corrected chi connectivity index (χ1v) is 11.2. The molecule has 0 unspecified atom stereocenters. The van der Waals surface area contributed by atoms with E-state index in [0.29, 0.717) is 10.6 Å². The maximum atomic E-state index is 12.6. The van der Waals surface area contributed by atoms with E-state index in [1.165, 1.54) is 35.6 Å². The average molecular weight is 430 g/mol. The molecule has 0 fully saturated rings. The van der Waals surface area contributed by atoms with Crippen LogP contribution < -0.4 is 10.1 Å². The van der Waals surface area contributed by atoms with Gasteiger partial charge in [0, 0.05) is 5.69 Å². The SMILES string of the molecule is CC(C)S(=O)(=O)c1ccccc1C(=O)Oc1ccc(NC(=O)c2cccs2)cc1. The van der Waals surface area contributed by atoms with Gasteiger partial charge in [-0.15, -0.1) is 11.3 Å². The van der Waals surface area contributed by atoms with Crippen molar-refractivity contribution in [3.63, 3.8) is 0 Å². The highest BCUT2D eigenvalue weighted by atomic mass is 32.2. The summed E-state index contributed by atoms with van der Waals surface area (Å²) in [4.78, 5) is 25.2. The van der Waals surface area contributed by atoms with E-state index in [-0.39, 0.29) is 22.1 Å². The minimum atomic E-state index is -3.63. The lowest BCUT2D eigenvalue weighted by molar-refractivity contribution is 0.0730. The molecule has 2 aromatic carbocycles. The molecule has 1 aromatic heterocycles. The van der Waals surface area contributed by atoms with Gasteiger partial charge in [-0.05, 0) is 61.7 Å². The number of esters is 1. The highest BCUT2D eigenvalue weighted by Gasteiger charge is 2.26. The molecular formula is C21H19NO5S2. The largest absolute Gasteiger partial charge is 0.423 e. The second-order valence-corrected chi connectivity index (χ2v) is 9.86. The summed E-state index contributed by atoms with van der Waals surface area (Å²) in [5.74, 6) is -0.751. The summed E-state index contributed by atoms with van der Waals surface area (Å²) in [5.41, 5.74) is 0.530. The molecular weight excluding hydrogens is 410 g/mol. The number of anilines is 1. The smallest absolute Gasteiger partial charge is 0.344 e. The van der Waals surface area contributed by atoms with Crippen LogP contribution in [0.25, 0.3) is 0 Å². The number of nitrogens with one attached hydrogen (secondary N) is 1. The molecule has 1 amide bonds. The molecule has 0 aliphatic rings. The standard InChI is InChI=1S/C21H19NO5S2/c1-14(2)29(25,26)19-8-4-3-6-17(19)21(24)27-16-11-9-15(10-12-16)22-20(23)18-7-5-13-28-18/h3-14H,1-2H3,(H,22,23). The number of amides is 1. The quantitative estimate of drug-likeness (QED) is 0.463. The summed E-state index contributed by atoms with van der Waals surface area (Å²) in [6.45, 7) is 3.11. The van der Waals surface area contributed by atoms with E-state index in [9.17, 15) is 18.0 Å². The summed E-state index contributed by atoms with van der Waals surface area (Å²) in [6, 6.07) is 15.7. The van der Waals surface area contributed by atoms with Crippen LogP contribution in [0.4, 0.5) is 5.69 Å². The Balaban J connectivity index is 1.74. The number of carbonyl (C=O) groups is 2. The van der Waals surface area contributed by atoms with E-state index in [1.54, 1.807) is 50.2 Å². The van der Waals surface area contributed by atoms with Crippen LogP contribution in [0.2, 0.25) is 0 Å². The van der Waals surface area contributed by atoms with Crippen LogP contribution in [-0.2, 0) is 9.84 Å². The van der Waals surface area contributed by atoms with E-state index >= 15 is 0 Å². The van der Waals surface area contributed by atoms with Gasteiger partial charge in [0.25, 0.3) is 5.91 Å². The maximum absolute atomic E-state index is 12.6. The van der Waals surface area contributed by atoms with E-state index in [2.05, 4.69) is 5.32 Å². The first kappa shape index (κ1) is 20.8. The lowest BCUT2D eigenvalue weighted by atomic mass is 10.2. The van der Waals surface area contributed by atoms with Crippen molar-refractivity contribution in [3.05, 3.63) is 76.5 Å². The van der Waals surface area contributed by atoms with Gasteiger partial charge in [-0.3, -0.25) is 4.79 Å². The zero-order chi connectivity index (χ0) is 21.0. The molecule has 0 spiro atoms. The predicted molar refractivity (Wildman–Crippen MR) is 112 cm³/mol. The van der Waals surface area contributed by atoms with Gasteiger partial charge in [0.05, 0.1) is 20.6 Å². The molecule has 0 atom stereocenters. The molecule has 8 heteroatoms. The van der Waals surface area contributed by atoms with Gasteiger partial charge in [-0.2, -0.15) is 0 Å². The van der Waals surface area contributed by atoms with Crippen LogP contribution in [-0.4, -0.2) is 25.5 Å². The molecule has 150 valence electrons. The highest BCUT2D eigenvalue weighted by molar-refractivity contribution is 7.92. The summed E-state index contributed by atoms with van der Waals surface area (Å²) < 4.78 is 30.3. The molecule has 1 N–H and O–H groups in total. The Morgan fingerprint density at radius 3 is 2.28 bits per heavy atom. The van der Waals surface area contributed by atoms with Gasteiger partial charge in [-0.25, -0.2) is 13.2 Å². The van der Waals surface area contributed by atoms with Gasteiger partial charge in [0.1, 0.15) is 5.75 Å². The molecule has 0 saturated carbocycles. The van der Waals surface area contributed by atoms with E-state index in [1.807, 2.05) is 5.38 Å². The number of benzene rings is 2. The third kappa shape index (κ3) is 4.72. The number of rotatable bonds is 6. The summed E-state index contributed by atoms with van der Waals surface area (Å²) in [5, 5.41) is 3.90. The van der Waals surface area contributed by atoms with Crippen LogP contribution in [0.5, 0.6) is 5.75 Å². The van der Waals surface area contributed by atoms with Crippen molar-refractivity contribution in [3.8, 4) is 5.75 Å². The van der Waals surface area contributed by atoms with Crippen LogP contribution in [0, 0.1) is 0 Å². The minimum Gasteiger partial charge on any atom is -0.423 e. The Kier molecular flexibility index (Phi) is 6.14. The predicted octanol–water partition coefficient (Wildman–Crippen LogP) is 4.40. The molecule has 6 nitrogen and oxygen atoms in total. The van der Waals surface area contributed by atoms with Crippen molar-refractivity contribution >= 4 is 38.7 Å². The Hall–Kier alpha value is -2.97. The van der Waals surface area contributed by atoms with Gasteiger partial charge >= 0.3 is 5.97 Å². The molecule has 0 bridgehead atoms. The minimum absolute atomic E-state index is 0.0173. The number of thiophene rings is 1. The summed E-state index contributed by atoms with van der Waals surface area (Å²) in [7, 11) is -3.63. The monoisotopic (exact) mass is 429 g/mol. The van der Waals surface area contributed by atoms with Crippen molar-refractivity contribution in [1.82, 2.24) is 0 Å². The topological polar surface area (TPSA) is 89.5 Å². The first-order valence-electron chi connectivity index (χ1n) is 8.79. The Morgan fingerprint density at radius 2 is 1.66 bits per heavy atom. The normalized spacial score (nSPS) is 11.3. The Bertz CT molecular complexity index is 1120. The first-order chi connectivity index (χ1) is 13.8. The fourth-order valence-corrected chi connectivity index (χ4v) is 4.36. The summed E-state index contributed by atoms with van der Waals surface area (Å²) in [6.07, 6.45) is 0. The van der Waals surface area contributed by atoms with Crippen molar-refractivity contribution < 1.29 is 22.7 Å². The van der Waals surface area contributed by atoms with Crippen LogP contribution in [0.3, 0.4) is 0 Å². The van der Waals surface area contributed by atoms with Gasteiger partial charge in [0.2, 0.25) is 0 Å². The molecule has 0 radical (unpaired) electrons. The molecule has 3 aromatic rings. The highest BCUT2D eigenvalue weighted by Crippen LogP contribution is 2.23. The molecule has 0 saturated heterocycles. The van der Waals surface area contributed by atoms with Crippen molar-refractivity contribution in [1.29, 1.82) is 0 Å². The van der Waals surface area contributed by atoms with Crippen molar-refractivity contribution in [2.75, 3.05) is 5.32 Å². The van der Waals surface area contributed by atoms with Gasteiger partial charge in [-0.1, -0.05) is 18.2 Å². The number of hydrogen-bond acceptors (Lipinski definition) is 6. The third-order valence-electron chi connectivity index (χ3n) is 4.10. The lowest BCUT2D eigenvalue weighted by Crippen LogP contribution is -2.19. The Morgan fingerprint density at radius 1 is 0.966 bits per heavy atom.